The molecule has 0 amide bonds. The van der Waals surface area contributed by atoms with Gasteiger partial charge in [0, 0.05) is 25.7 Å². The molecule has 0 N–H and O–H groups in total. The molecular formula is C93H148O16Si4. The summed E-state index contributed by atoms with van der Waals surface area (Å²) in [6, 6.07) is 18.0. The number of esters is 4. The van der Waals surface area contributed by atoms with E-state index in [1.165, 1.54) is 0 Å². The lowest BCUT2D eigenvalue weighted by Gasteiger charge is -2.36. The Balaban J connectivity index is 0.0000269. The number of ether oxygens (including phenoxy) is 8. The van der Waals surface area contributed by atoms with Crippen molar-refractivity contribution in [2.45, 2.75) is 293 Å². The maximum absolute atomic E-state index is 13.8. The largest absolute Gasteiger partial charge is 0.489 e. The zero-order valence-corrected chi connectivity index (χ0v) is 77.8. The smallest absolute Gasteiger partial charge is 0.335 e. The summed E-state index contributed by atoms with van der Waals surface area (Å²) in [4.78, 5) is 55.3. The molecule has 0 saturated carbocycles. The van der Waals surface area contributed by atoms with E-state index in [4.69, 9.17) is 55.6 Å². The molecule has 1 aliphatic rings. The highest BCUT2D eigenvalue weighted by Crippen LogP contribution is 2.44. The van der Waals surface area contributed by atoms with Gasteiger partial charge in [0.05, 0.1) is 48.7 Å². The molecule has 4 aromatic rings. The first-order valence-electron chi connectivity index (χ1n) is 41.2. The van der Waals surface area contributed by atoms with Crippen LogP contribution in [0.3, 0.4) is 0 Å². The summed E-state index contributed by atoms with van der Waals surface area (Å²) in [6.45, 7) is 68.3. The third-order valence-corrected chi connectivity index (χ3v) is 41.0. The minimum atomic E-state index is -2.22. The van der Waals surface area contributed by atoms with Crippen LogP contribution in [-0.2, 0) is 107 Å². The van der Waals surface area contributed by atoms with Crippen molar-refractivity contribution in [2.24, 2.45) is 0 Å². The Hall–Kier alpha value is -6.37. The van der Waals surface area contributed by atoms with Gasteiger partial charge >= 0.3 is 23.9 Å². The van der Waals surface area contributed by atoms with E-state index in [2.05, 4.69) is 238 Å². The Morgan fingerprint density at radius 3 is 0.602 bits per heavy atom. The molecule has 0 aromatic heterocycles. The fraction of sp³-hybridized carbons (Fsp3) is 0.613. The first-order valence-corrected chi connectivity index (χ1v) is 52.9. The molecule has 0 atom stereocenters. The van der Waals surface area contributed by atoms with Crippen LogP contribution in [0.4, 0.5) is 0 Å². The lowest BCUT2D eigenvalue weighted by atomic mass is 9.87. The minimum absolute atomic E-state index is 0. The summed E-state index contributed by atoms with van der Waals surface area (Å²) >= 11 is 0. The molecule has 0 aliphatic heterocycles. The van der Waals surface area contributed by atoms with E-state index in [1.807, 2.05) is 0 Å². The Kier molecular flexibility index (Phi) is 38.8. The second-order valence-electron chi connectivity index (χ2n) is 36.6. The van der Waals surface area contributed by atoms with Crippen molar-refractivity contribution in [2.75, 3.05) is 79.3 Å². The quantitative estimate of drug-likeness (QED) is 0.0118. The third kappa shape index (κ3) is 30.3. The van der Waals surface area contributed by atoms with Gasteiger partial charge in [-0.05, 0) is 191 Å². The summed E-state index contributed by atoms with van der Waals surface area (Å²) in [7, 11) is -8.90. The van der Waals surface area contributed by atoms with E-state index in [0.29, 0.717) is 48.7 Å². The predicted molar refractivity (Wildman–Crippen MR) is 473 cm³/mol. The van der Waals surface area contributed by atoms with Crippen LogP contribution in [-0.4, -0.2) is 136 Å². The van der Waals surface area contributed by atoms with Crippen LogP contribution in [0.15, 0.2) is 97.1 Å². The SMILES string of the molecule is C.C=C(CO[Si](C)(C)C(C)(C)C)C(=O)OCCOc1c2cc(CCCC)cc1Cc1cc(CCCC)cc(c1OCCOC(=O)C(=C)CO[Si](C)(C)C(C)(C)C)Cc1cc(CCCC)cc(c1OCCOC(=O)C(=C)CO[Si](C)(C)C(C)(C)C)Cc1cc(CCCC)cc(c1OCCOC(=O)C(=C)CO[Si](C)(C)C(C)(C)C)C2. The van der Waals surface area contributed by atoms with Crippen molar-refractivity contribution in [1.82, 2.24) is 0 Å². The lowest BCUT2D eigenvalue weighted by molar-refractivity contribution is -0.141. The molecule has 16 nitrogen and oxygen atoms in total. The fourth-order valence-corrected chi connectivity index (χ4v) is 15.6. The van der Waals surface area contributed by atoms with E-state index in [9.17, 15) is 19.2 Å². The molecular weight excluding hydrogens is 1490 g/mol. The number of fused-ring (bicyclic) bond motifs is 8. The highest BCUT2D eigenvalue weighted by molar-refractivity contribution is 6.75. The topological polar surface area (TPSA) is 179 Å². The summed E-state index contributed by atoms with van der Waals surface area (Å²) in [5.41, 5.74) is 12.6. The maximum atomic E-state index is 13.8. The summed E-state index contributed by atoms with van der Waals surface area (Å²) < 4.78 is 78.3. The number of hydrogen-bond donors (Lipinski definition) is 0. The summed E-state index contributed by atoms with van der Waals surface area (Å²) in [6.07, 6.45) is 12.1. The molecule has 0 fully saturated rings. The van der Waals surface area contributed by atoms with Crippen molar-refractivity contribution >= 4 is 57.1 Å². The number of carbonyl (C=O) groups is 4. The Morgan fingerprint density at radius 1 is 0.301 bits per heavy atom. The highest BCUT2D eigenvalue weighted by Gasteiger charge is 2.41. The number of rotatable bonds is 44. The molecule has 0 unspecified atom stereocenters. The van der Waals surface area contributed by atoms with E-state index in [-0.39, 0.29) is 129 Å². The maximum Gasteiger partial charge on any atom is 0.335 e. The van der Waals surface area contributed by atoms with Gasteiger partial charge in [0.2, 0.25) is 0 Å². The number of benzene rings is 4. The molecule has 113 heavy (non-hydrogen) atoms. The highest BCUT2D eigenvalue weighted by atomic mass is 28.4. The predicted octanol–water partition coefficient (Wildman–Crippen LogP) is 22.4. The number of carbonyl (C=O) groups excluding carboxylic acids is 4. The number of unbranched alkanes of at least 4 members (excludes halogenated alkanes) is 4. The third-order valence-electron chi connectivity index (χ3n) is 23.1. The van der Waals surface area contributed by atoms with Gasteiger partial charge in [-0.15, -0.1) is 0 Å². The Bertz CT molecular complexity index is 3270. The fourth-order valence-electron chi connectivity index (χ4n) is 11.7. The van der Waals surface area contributed by atoms with Crippen molar-refractivity contribution in [3.05, 3.63) is 164 Å². The van der Waals surface area contributed by atoms with Gasteiger partial charge in [0.25, 0.3) is 0 Å². The van der Waals surface area contributed by atoms with Crippen LogP contribution in [0.2, 0.25) is 72.5 Å². The molecule has 8 bridgehead atoms. The zero-order chi connectivity index (χ0) is 83.8. The minimum Gasteiger partial charge on any atom is -0.489 e. The molecule has 0 saturated heterocycles. The second kappa shape index (κ2) is 44.3. The molecule has 0 spiro atoms. The average molecular weight is 1630 g/mol. The van der Waals surface area contributed by atoms with E-state index < -0.39 is 57.1 Å². The van der Waals surface area contributed by atoms with Gasteiger partial charge < -0.3 is 55.6 Å². The van der Waals surface area contributed by atoms with Crippen molar-refractivity contribution in [3.63, 3.8) is 0 Å². The first kappa shape index (κ1) is 99.0. The van der Waals surface area contributed by atoms with E-state index >= 15 is 0 Å². The van der Waals surface area contributed by atoms with Gasteiger partial charge in [-0.2, -0.15) is 0 Å². The molecule has 632 valence electrons. The number of hydrogen-bond acceptors (Lipinski definition) is 16. The summed E-state index contributed by atoms with van der Waals surface area (Å²) in [5.74, 6) is 0.328. The van der Waals surface area contributed by atoms with Gasteiger partial charge in [-0.1, -0.05) is 219 Å². The van der Waals surface area contributed by atoms with Crippen molar-refractivity contribution < 1.29 is 74.8 Å². The molecule has 5 rings (SSSR count). The second-order valence-corrected chi connectivity index (χ2v) is 55.9. The van der Waals surface area contributed by atoms with Crippen LogP contribution in [0.5, 0.6) is 23.0 Å². The molecule has 20 heteroatoms. The lowest BCUT2D eigenvalue weighted by Crippen LogP contribution is -2.41. The molecule has 0 radical (unpaired) electrons. The van der Waals surface area contributed by atoms with Gasteiger partial charge in [0.1, 0.15) is 75.9 Å². The standard InChI is InChI=1S/C92H144O16Si4.CH4/c1-29-33-37-69-49-73-57-75-51-70(38-34-30-2)53-77(82(75)98-42-46-102-86(94)66(6)62-106-110(23,24)90(12,13)14)59-79-55-72(40-36-32-4)56-80(84(79)100-44-48-104-88(96)68(8)64-108-112(27,28)92(18,19)20)60-78-54-71(39-35-31-3)52-76(83(78)99-43-47-103-87(95)67(7)63-107-111(25,26)91(15,16)17)58-74(50-69)81(73)97-41-45-101-85(93)65(5)61-105-109(21,22)89(9,10)11;/h49-56H,5-8,29-48,57-64H2,1-4,9-28H3;1H4. The Morgan fingerprint density at radius 2 is 0.460 bits per heavy atom. The summed E-state index contributed by atoms with van der Waals surface area (Å²) in [5, 5.41) is -0.292. The normalized spacial score (nSPS) is 13.0. The van der Waals surface area contributed by atoms with Crippen LogP contribution in [0.1, 0.15) is 236 Å². The van der Waals surface area contributed by atoms with Gasteiger partial charge in [-0.25, -0.2) is 19.2 Å². The van der Waals surface area contributed by atoms with Gasteiger partial charge in [0.15, 0.2) is 33.3 Å². The average Bonchev–Trinajstić information content (AvgIpc) is 0.769. The van der Waals surface area contributed by atoms with Crippen molar-refractivity contribution in [3.8, 4) is 23.0 Å². The van der Waals surface area contributed by atoms with Gasteiger partial charge in [-0.3, -0.25) is 0 Å². The zero-order valence-electron chi connectivity index (χ0n) is 73.8. The Labute approximate surface area is 687 Å². The van der Waals surface area contributed by atoms with Crippen LogP contribution in [0, 0.1) is 0 Å². The van der Waals surface area contributed by atoms with Crippen LogP contribution in [0.25, 0.3) is 0 Å². The van der Waals surface area contributed by atoms with E-state index in [0.717, 1.165) is 144 Å². The molecule has 4 aromatic carbocycles. The van der Waals surface area contributed by atoms with E-state index in [1.54, 1.807) is 0 Å². The van der Waals surface area contributed by atoms with Crippen LogP contribution < -0.4 is 18.9 Å². The monoisotopic (exact) mass is 1630 g/mol. The molecule has 1 aliphatic carbocycles. The molecule has 0 heterocycles. The van der Waals surface area contributed by atoms with Crippen molar-refractivity contribution in [1.29, 1.82) is 0 Å². The number of aryl methyl sites for hydroxylation is 4. The van der Waals surface area contributed by atoms with Crippen LogP contribution >= 0.6 is 0 Å². The first-order chi connectivity index (χ1) is 52.2.